The largest absolute Gasteiger partial charge is 0.396 e. The Morgan fingerprint density at radius 3 is 2.33 bits per heavy atom. The molecule has 110 valence electrons. The van der Waals surface area contributed by atoms with Crippen LogP contribution in [0.5, 0.6) is 0 Å². The Kier molecular flexibility index (Phi) is 4.48. The quantitative estimate of drug-likeness (QED) is 0.829. The van der Waals surface area contributed by atoms with Crippen LogP contribution in [0.25, 0.3) is 0 Å². The maximum Gasteiger partial charge on any atom is 0.250 e. The molecule has 0 unspecified atom stereocenters. The smallest absolute Gasteiger partial charge is 0.250 e. The molecule has 0 atom stereocenters. The van der Waals surface area contributed by atoms with Crippen LogP contribution in [-0.4, -0.2) is 11.9 Å². The average Bonchev–Trinajstić information content (AvgIpc) is 2.46. The number of nitrogens with two attached hydrogens (primary N) is 2. The minimum atomic E-state index is -0.502. The zero-order valence-electron chi connectivity index (χ0n) is 12.4. The van der Waals surface area contributed by atoms with Crippen molar-refractivity contribution in [3.8, 4) is 0 Å². The van der Waals surface area contributed by atoms with Crippen molar-refractivity contribution < 1.29 is 4.79 Å². The first kappa shape index (κ1) is 14.9. The van der Waals surface area contributed by atoms with E-state index in [9.17, 15) is 4.79 Å². The predicted molar refractivity (Wildman–Crippen MR) is 87.1 cm³/mol. The molecule has 0 saturated carbocycles. The molecule has 0 saturated heterocycles. The summed E-state index contributed by atoms with van der Waals surface area (Å²) in [7, 11) is 0. The Morgan fingerprint density at radius 1 is 1.10 bits per heavy atom. The second kappa shape index (κ2) is 6.31. The van der Waals surface area contributed by atoms with Crippen molar-refractivity contribution in [2.24, 2.45) is 5.73 Å². The van der Waals surface area contributed by atoms with Crippen LogP contribution in [0.15, 0.2) is 48.5 Å². The number of para-hydroxylation sites is 1. The average molecular weight is 283 g/mol. The van der Waals surface area contributed by atoms with Crippen LogP contribution in [0.4, 0.5) is 11.4 Å². The molecule has 0 aliphatic heterocycles. The summed E-state index contributed by atoms with van der Waals surface area (Å²) in [6, 6.07) is 15.8. The summed E-state index contributed by atoms with van der Waals surface area (Å²) in [5, 5.41) is 0. The number of primary amides is 1. The number of amides is 1. The van der Waals surface area contributed by atoms with Gasteiger partial charge in [0.15, 0.2) is 0 Å². The molecular weight excluding hydrogens is 262 g/mol. The lowest BCUT2D eigenvalue weighted by Crippen LogP contribution is -2.31. The highest BCUT2D eigenvalue weighted by Crippen LogP contribution is 2.29. The van der Waals surface area contributed by atoms with Crippen LogP contribution < -0.4 is 16.4 Å². The number of hydrogen-bond acceptors (Lipinski definition) is 3. The van der Waals surface area contributed by atoms with E-state index in [1.807, 2.05) is 30.3 Å². The molecule has 1 amide bonds. The molecule has 0 heterocycles. The number of nitrogen functional groups attached to an aromatic ring is 1. The summed E-state index contributed by atoms with van der Waals surface area (Å²) in [5.74, 6) is -0.502. The second-order valence-electron chi connectivity index (χ2n) is 5.31. The summed E-state index contributed by atoms with van der Waals surface area (Å²) in [6.07, 6.45) is 0. The van der Waals surface area contributed by atoms with Gasteiger partial charge in [0.1, 0.15) is 0 Å². The number of benzene rings is 2. The lowest BCUT2D eigenvalue weighted by atomic mass is 10.1. The molecule has 4 nitrogen and oxygen atoms in total. The van der Waals surface area contributed by atoms with Crippen molar-refractivity contribution in [3.05, 3.63) is 59.7 Å². The van der Waals surface area contributed by atoms with E-state index in [2.05, 4.69) is 30.9 Å². The predicted octanol–water partition coefficient (Wildman–Crippen LogP) is 2.78. The molecule has 2 aromatic rings. The molecular formula is C17H21N3O. The van der Waals surface area contributed by atoms with Gasteiger partial charge in [0.2, 0.25) is 0 Å². The molecule has 2 rings (SSSR count). The fourth-order valence-corrected chi connectivity index (χ4v) is 2.34. The molecule has 4 heteroatoms. The zero-order chi connectivity index (χ0) is 15.4. The van der Waals surface area contributed by atoms with Crippen molar-refractivity contribution >= 4 is 17.3 Å². The van der Waals surface area contributed by atoms with E-state index < -0.39 is 5.91 Å². The van der Waals surface area contributed by atoms with Gasteiger partial charge in [-0.15, -0.1) is 0 Å². The molecule has 2 aromatic carbocycles. The third-order valence-corrected chi connectivity index (χ3v) is 3.48. The van der Waals surface area contributed by atoms with Crippen LogP contribution in [0, 0.1) is 0 Å². The third-order valence-electron chi connectivity index (χ3n) is 3.48. The van der Waals surface area contributed by atoms with Crippen molar-refractivity contribution in [1.29, 1.82) is 0 Å². The number of carbonyl (C=O) groups is 1. The van der Waals surface area contributed by atoms with Gasteiger partial charge >= 0.3 is 0 Å². The monoisotopic (exact) mass is 283 g/mol. The number of hydrogen-bond donors (Lipinski definition) is 2. The zero-order valence-corrected chi connectivity index (χ0v) is 12.4. The van der Waals surface area contributed by atoms with Crippen LogP contribution in [-0.2, 0) is 6.54 Å². The van der Waals surface area contributed by atoms with Crippen LogP contribution >= 0.6 is 0 Å². The topological polar surface area (TPSA) is 72.3 Å². The molecule has 0 aliphatic carbocycles. The normalized spacial score (nSPS) is 10.6. The van der Waals surface area contributed by atoms with E-state index in [0.29, 0.717) is 11.3 Å². The first-order valence-electron chi connectivity index (χ1n) is 6.99. The number of anilines is 2. The van der Waals surface area contributed by atoms with Crippen molar-refractivity contribution in [2.45, 2.75) is 26.4 Å². The molecule has 0 radical (unpaired) electrons. The minimum absolute atomic E-state index is 0.246. The van der Waals surface area contributed by atoms with Crippen molar-refractivity contribution in [1.82, 2.24) is 0 Å². The minimum Gasteiger partial charge on any atom is -0.396 e. The summed E-state index contributed by atoms with van der Waals surface area (Å²) < 4.78 is 0. The molecule has 0 fully saturated rings. The van der Waals surface area contributed by atoms with Crippen molar-refractivity contribution in [2.75, 3.05) is 10.6 Å². The van der Waals surface area contributed by atoms with E-state index in [-0.39, 0.29) is 6.04 Å². The Bertz CT molecular complexity index is 623. The van der Waals surface area contributed by atoms with Gasteiger partial charge in [-0.1, -0.05) is 36.4 Å². The molecule has 0 bridgehead atoms. The third kappa shape index (κ3) is 3.34. The summed E-state index contributed by atoms with van der Waals surface area (Å²) in [6.45, 7) is 4.92. The lowest BCUT2D eigenvalue weighted by molar-refractivity contribution is 0.100. The lowest BCUT2D eigenvalue weighted by Gasteiger charge is -2.30. The van der Waals surface area contributed by atoms with Crippen LogP contribution in [0.1, 0.15) is 29.8 Å². The van der Waals surface area contributed by atoms with Gasteiger partial charge in [0.05, 0.1) is 16.9 Å². The molecule has 21 heavy (non-hydrogen) atoms. The Morgan fingerprint density at radius 2 is 1.76 bits per heavy atom. The van der Waals surface area contributed by atoms with Gasteiger partial charge in [-0.3, -0.25) is 4.79 Å². The fourth-order valence-electron chi connectivity index (χ4n) is 2.34. The van der Waals surface area contributed by atoms with E-state index >= 15 is 0 Å². The maximum atomic E-state index is 11.4. The summed E-state index contributed by atoms with van der Waals surface area (Å²) in [5.41, 5.74) is 14.3. The Hall–Kier alpha value is -2.49. The standard InChI is InChI=1S/C17H21N3O/c1-12(2)20(11-13-7-4-3-5-8-13)15-10-6-9-14(16(15)18)17(19)21/h3-10,12H,11,18H2,1-2H3,(H2,19,21). The SMILES string of the molecule is CC(C)N(Cc1ccccc1)c1cccc(C(N)=O)c1N. The van der Waals surface area contributed by atoms with Gasteiger partial charge in [-0.2, -0.15) is 0 Å². The Labute approximate surface area is 125 Å². The van der Waals surface area contributed by atoms with Gasteiger partial charge in [-0.05, 0) is 31.5 Å². The molecule has 4 N–H and O–H groups in total. The maximum absolute atomic E-state index is 11.4. The molecule has 0 aromatic heterocycles. The molecule has 0 spiro atoms. The van der Waals surface area contributed by atoms with Gasteiger partial charge in [0.25, 0.3) is 5.91 Å². The fraction of sp³-hybridized carbons (Fsp3) is 0.235. The first-order chi connectivity index (χ1) is 10.0. The number of carbonyl (C=O) groups excluding carboxylic acids is 1. The number of rotatable bonds is 5. The summed E-state index contributed by atoms with van der Waals surface area (Å²) >= 11 is 0. The van der Waals surface area contributed by atoms with Crippen molar-refractivity contribution in [3.63, 3.8) is 0 Å². The molecule has 0 aliphatic rings. The highest BCUT2D eigenvalue weighted by Gasteiger charge is 2.17. The highest BCUT2D eigenvalue weighted by atomic mass is 16.1. The van der Waals surface area contributed by atoms with Crippen LogP contribution in [0.3, 0.4) is 0 Å². The Balaban J connectivity index is 2.39. The summed E-state index contributed by atoms with van der Waals surface area (Å²) in [4.78, 5) is 13.6. The van der Waals surface area contributed by atoms with Gasteiger partial charge in [0, 0.05) is 12.6 Å². The van der Waals surface area contributed by atoms with Gasteiger partial charge in [-0.25, -0.2) is 0 Å². The van der Waals surface area contributed by atoms with E-state index in [4.69, 9.17) is 11.5 Å². The van der Waals surface area contributed by atoms with E-state index in [1.165, 1.54) is 5.56 Å². The van der Waals surface area contributed by atoms with E-state index in [1.54, 1.807) is 6.07 Å². The first-order valence-corrected chi connectivity index (χ1v) is 6.99. The van der Waals surface area contributed by atoms with Gasteiger partial charge < -0.3 is 16.4 Å². The van der Waals surface area contributed by atoms with E-state index in [0.717, 1.165) is 12.2 Å². The number of nitrogens with zero attached hydrogens (tertiary/aromatic N) is 1. The van der Waals surface area contributed by atoms with Crippen LogP contribution in [0.2, 0.25) is 0 Å². The second-order valence-corrected chi connectivity index (χ2v) is 5.31. The highest BCUT2D eigenvalue weighted by molar-refractivity contribution is 6.00.